The molecule has 3 rings (SSSR count). The van der Waals surface area contributed by atoms with Crippen LogP contribution < -0.4 is 5.43 Å². The highest BCUT2D eigenvalue weighted by atomic mass is 16.3. The monoisotopic (exact) mass is 306 g/mol. The number of fused-ring (bicyclic) bond motifs is 1. The van der Waals surface area contributed by atoms with E-state index in [9.17, 15) is 9.59 Å². The number of aromatic nitrogens is 2. The van der Waals surface area contributed by atoms with Crippen molar-refractivity contribution in [3.05, 3.63) is 76.7 Å². The Morgan fingerprint density at radius 2 is 2.00 bits per heavy atom. The number of aryl methyl sites for hydroxylation is 1. The van der Waals surface area contributed by atoms with Crippen LogP contribution in [0.3, 0.4) is 0 Å². The molecule has 3 aromatic rings. The van der Waals surface area contributed by atoms with Gasteiger partial charge in [-0.05, 0) is 36.4 Å². The average Bonchev–Trinajstić information content (AvgIpc) is 2.98. The topological polar surface area (TPSA) is 65.1 Å². The van der Waals surface area contributed by atoms with Gasteiger partial charge in [-0.15, -0.1) is 0 Å². The maximum absolute atomic E-state index is 12.3. The molecule has 0 aliphatic rings. The molecule has 23 heavy (non-hydrogen) atoms. The predicted molar refractivity (Wildman–Crippen MR) is 88.8 cm³/mol. The Kier molecular flexibility index (Phi) is 4.01. The minimum absolute atomic E-state index is 0.163. The Hall–Kier alpha value is -3.21. The molecule has 0 N–H and O–H groups in total. The van der Waals surface area contributed by atoms with Crippen LogP contribution in [0.5, 0.6) is 0 Å². The first-order valence-electron chi connectivity index (χ1n) is 7.03. The number of hydrogen-bond acceptors (Lipinski definition) is 4. The molecule has 0 aliphatic carbocycles. The molecule has 0 fully saturated rings. The molecule has 2 aromatic heterocycles. The number of para-hydroxylation sites is 1. The molecule has 0 spiro atoms. The number of benzene rings is 1. The Bertz CT molecular complexity index is 977. The summed E-state index contributed by atoms with van der Waals surface area (Å²) in [5.74, 6) is 0.442. The van der Waals surface area contributed by atoms with Crippen molar-refractivity contribution in [3.8, 4) is 0 Å². The van der Waals surface area contributed by atoms with Gasteiger partial charge in [0.2, 0.25) is 0 Å². The molecule has 1 aromatic carbocycles. The minimum Gasteiger partial charge on any atom is -0.463 e. The number of imidazole rings is 1. The lowest BCUT2D eigenvalue weighted by Gasteiger charge is -1.97. The SMILES string of the molecule is Cn1ccnc1/C=C/C(=O)/C=C/c1coc2ccccc2c1=O. The van der Waals surface area contributed by atoms with Gasteiger partial charge in [-0.3, -0.25) is 9.59 Å². The van der Waals surface area contributed by atoms with Gasteiger partial charge in [0.25, 0.3) is 0 Å². The van der Waals surface area contributed by atoms with E-state index in [2.05, 4.69) is 4.98 Å². The van der Waals surface area contributed by atoms with Crippen LogP contribution in [-0.2, 0) is 11.8 Å². The van der Waals surface area contributed by atoms with E-state index in [-0.39, 0.29) is 11.2 Å². The normalized spacial score (nSPS) is 11.7. The fourth-order valence-corrected chi connectivity index (χ4v) is 2.13. The molecule has 0 unspecified atom stereocenters. The zero-order valence-corrected chi connectivity index (χ0v) is 12.5. The molecule has 0 bridgehead atoms. The predicted octanol–water partition coefficient (Wildman–Crippen LogP) is 2.82. The van der Waals surface area contributed by atoms with E-state index in [1.807, 2.05) is 7.05 Å². The average molecular weight is 306 g/mol. The van der Waals surface area contributed by atoms with Crippen LogP contribution in [0, 0.1) is 0 Å². The second-order valence-corrected chi connectivity index (χ2v) is 4.98. The van der Waals surface area contributed by atoms with E-state index >= 15 is 0 Å². The third-order valence-corrected chi connectivity index (χ3v) is 3.39. The Morgan fingerprint density at radius 3 is 2.78 bits per heavy atom. The lowest BCUT2D eigenvalue weighted by atomic mass is 10.1. The van der Waals surface area contributed by atoms with Crippen LogP contribution in [0.1, 0.15) is 11.4 Å². The molecule has 0 radical (unpaired) electrons. The maximum atomic E-state index is 12.3. The lowest BCUT2D eigenvalue weighted by molar-refractivity contribution is -0.110. The number of carbonyl (C=O) groups is 1. The molecule has 0 amide bonds. The van der Waals surface area contributed by atoms with Crippen molar-refractivity contribution in [2.24, 2.45) is 7.05 Å². The van der Waals surface area contributed by atoms with Crippen LogP contribution in [0.15, 0.2) is 64.3 Å². The van der Waals surface area contributed by atoms with Crippen LogP contribution in [0.25, 0.3) is 23.1 Å². The highest BCUT2D eigenvalue weighted by Gasteiger charge is 2.04. The first kappa shape index (κ1) is 14.7. The summed E-state index contributed by atoms with van der Waals surface area (Å²) in [6.07, 6.45) is 10.6. The summed E-state index contributed by atoms with van der Waals surface area (Å²) in [6.45, 7) is 0. The van der Waals surface area contributed by atoms with E-state index in [1.54, 1.807) is 47.3 Å². The zero-order valence-electron chi connectivity index (χ0n) is 12.5. The van der Waals surface area contributed by atoms with E-state index in [0.29, 0.717) is 22.4 Å². The lowest BCUT2D eigenvalue weighted by Crippen LogP contribution is -2.04. The van der Waals surface area contributed by atoms with Crippen LogP contribution >= 0.6 is 0 Å². The van der Waals surface area contributed by atoms with Gasteiger partial charge in [0.05, 0.1) is 10.9 Å². The number of allylic oxidation sites excluding steroid dienone is 2. The van der Waals surface area contributed by atoms with Crippen molar-refractivity contribution in [1.82, 2.24) is 9.55 Å². The van der Waals surface area contributed by atoms with Crippen LogP contribution in [0.4, 0.5) is 0 Å². The van der Waals surface area contributed by atoms with Gasteiger partial charge in [-0.2, -0.15) is 0 Å². The summed E-state index contributed by atoms with van der Waals surface area (Å²) < 4.78 is 7.19. The highest BCUT2D eigenvalue weighted by molar-refractivity contribution is 6.04. The second kappa shape index (κ2) is 6.27. The van der Waals surface area contributed by atoms with Crippen LogP contribution in [0.2, 0.25) is 0 Å². The number of carbonyl (C=O) groups excluding carboxylic acids is 1. The Balaban J connectivity index is 1.81. The van der Waals surface area contributed by atoms with E-state index in [0.717, 1.165) is 0 Å². The summed E-state index contributed by atoms with van der Waals surface area (Å²) in [4.78, 5) is 28.2. The van der Waals surface area contributed by atoms with Crippen molar-refractivity contribution in [2.75, 3.05) is 0 Å². The highest BCUT2D eigenvalue weighted by Crippen LogP contribution is 2.11. The standard InChI is InChI=1S/C18H14N2O3/c1-20-11-10-19-17(20)9-8-14(21)7-6-13-12-23-16-5-3-2-4-15(16)18(13)22/h2-12H,1H3/b7-6+,9-8+. The number of ketones is 1. The molecular formula is C18H14N2O3. The summed E-state index contributed by atoms with van der Waals surface area (Å²) in [5.41, 5.74) is 0.696. The fourth-order valence-electron chi connectivity index (χ4n) is 2.13. The molecule has 2 heterocycles. The molecule has 0 aliphatic heterocycles. The Morgan fingerprint density at radius 1 is 1.22 bits per heavy atom. The molecule has 0 atom stereocenters. The van der Waals surface area contributed by atoms with Gasteiger partial charge in [0, 0.05) is 19.4 Å². The first-order chi connectivity index (χ1) is 11.1. The van der Waals surface area contributed by atoms with Crippen molar-refractivity contribution in [2.45, 2.75) is 0 Å². The fraction of sp³-hybridized carbons (Fsp3) is 0.0556. The zero-order chi connectivity index (χ0) is 16.2. The number of nitrogens with zero attached hydrogens (tertiary/aromatic N) is 2. The summed E-state index contributed by atoms with van der Waals surface area (Å²) in [7, 11) is 1.84. The molecule has 114 valence electrons. The van der Waals surface area contributed by atoms with E-state index in [1.165, 1.54) is 24.5 Å². The van der Waals surface area contributed by atoms with E-state index in [4.69, 9.17) is 4.42 Å². The molecular weight excluding hydrogens is 292 g/mol. The second-order valence-electron chi connectivity index (χ2n) is 4.98. The van der Waals surface area contributed by atoms with Gasteiger partial charge in [0.15, 0.2) is 11.2 Å². The first-order valence-corrected chi connectivity index (χ1v) is 7.03. The smallest absolute Gasteiger partial charge is 0.199 e. The Labute approximate surface area is 132 Å². The summed E-state index contributed by atoms with van der Waals surface area (Å²) >= 11 is 0. The van der Waals surface area contributed by atoms with Crippen molar-refractivity contribution >= 4 is 28.9 Å². The molecule has 0 saturated carbocycles. The van der Waals surface area contributed by atoms with E-state index < -0.39 is 0 Å². The number of hydrogen-bond donors (Lipinski definition) is 0. The number of rotatable bonds is 4. The summed E-state index contributed by atoms with van der Waals surface area (Å²) in [5, 5.41) is 0.491. The van der Waals surface area contributed by atoms with Gasteiger partial charge in [-0.1, -0.05) is 12.1 Å². The third kappa shape index (κ3) is 3.18. The molecule has 0 saturated heterocycles. The quantitative estimate of drug-likeness (QED) is 0.695. The van der Waals surface area contributed by atoms with Gasteiger partial charge in [-0.25, -0.2) is 4.98 Å². The van der Waals surface area contributed by atoms with Gasteiger partial charge >= 0.3 is 0 Å². The third-order valence-electron chi connectivity index (χ3n) is 3.39. The van der Waals surface area contributed by atoms with Gasteiger partial charge in [0.1, 0.15) is 17.7 Å². The van der Waals surface area contributed by atoms with Gasteiger partial charge < -0.3 is 8.98 Å². The van der Waals surface area contributed by atoms with Crippen molar-refractivity contribution < 1.29 is 9.21 Å². The van der Waals surface area contributed by atoms with Crippen molar-refractivity contribution in [3.63, 3.8) is 0 Å². The summed E-state index contributed by atoms with van der Waals surface area (Å²) in [6, 6.07) is 6.99. The van der Waals surface area contributed by atoms with Crippen LogP contribution in [-0.4, -0.2) is 15.3 Å². The van der Waals surface area contributed by atoms with Crippen molar-refractivity contribution in [1.29, 1.82) is 0 Å². The minimum atomic E-state index is -0.236. The molecule has 5 nitrogen and oxygen atoms in total. The molecule has 5 heteroatoms. The maximum Gasteiger partial charge on any atom is 0.199 e. The largest absolute Gasteiger partial charge is 0.463 e.